The van der Waals surface area contributed by atoms with Crippen molar-refractivity contribution in [3.63, 3.8) is 0 Å². The number of halogens is 3. The average Bonchev–Trinajstić information content (AvgIpc) is 3.24. The van der Waals surface area contributed by atoms with Crippen LogP contribution in [0.3, 0.4) is 0 Å². The third-order valence-electron chi connectivity index (χ3n) is 4.46. The molecule has 0 aliphatic rings. The Morgan fingerprint density at radius 3 is 2.60 bits per heavy atom. The summed E-state index contributed by atoms with van der Waals surface area (Å²) in [6, 6.07) is 20.8. The van der Waals surface area contributed by atoms with Gasteiger partial charge in [-0.2, -0.15) is 5.10 Å². The van der Waals surface area contributed by atoms with Gasteiger partial charge in [0.2, 0.25) is 0 Å². The minimum Gasteiger partial charge on any atom is -0.489 e. The molecule has 150 valence electrons. The Bertz CT molecular complexity index is 1190. The Morgan fingerprint density at radius 1 is 1.07 bits per heavy atom. The maximum absolute atomic E-state index is 13.9. The number of aromatic nitrogens is 2. The first-order valence-electron chi connectivity index (χ1n) is 9.03. The van der Waals surface area contributed by atoms with Crippen LogP contribution in [0.4, 0.5) is 4.39 Å². The first kappa shape index (κ1) is 20.6. The van der Waals surface area contributed by atoms with Crippen LogP contribution in [0.1, 0.15) is 15.9 Å². The molecule has 0 bridgehead atoms. The normalized spacial score (nSPS) is 10.8. The molecule has 7 heteroatoms. The molecule has 0 atom stereocenters. The molecule has 0 saturated heterocycles. The van der Waals surface area contributed by atoms with E-state index in [9.17, 15) is 9.18 Å². The van der Waals surface area contributed by atoms with Crippen LogP contribution in [0.25, 0.3) is 11.3 Å². The molecule has 1 aromatic heterocycles. The molecule has 4 aromatic rings. The minimum absolute atomic E-state index is 0.00862. The highest BCUT2D eigenvalue weighted by Gasteiger charge is 2.12. The van der Waals surface area contributed by atoms with Crippen molar-refractivity contribution in [3.05, 3.63) is 105 Å². The maximum Gasteiger partial charge on any atom is 0.278 e. The fourth-order valence-corrected chi connectivity index (χ4v) is 3.46. The second-order valence-corrected chi connectivity index (χ2v) is 8.13. The van der Waals surface area contributed by atoms with Crippen LogP contribution in [0.2, 0.25) is 5.02 Å². The molecule has 0 fully saturated rings. The van der Waals surface area contributed by atoms with Crippen molar-refractivity contribution < 1.29 is 13.9 Å². The summed E-state index contributed by atoms with van der Waals surface area (Å²) in [5.74, 6) is -0.0731. The van der Waals surface area contributed by atoms with Gasteiger partial charge < -0.3 is 4.74 Å². The largest absolute Gasteiger partial charge is 0.489 e. The zero-order chi connectivity index (χ0) is 21.1. The number of nitrogens with zero attached hydrogens (tertiary/aromatic N) is 2. The molecule has 0 aliphatic heterocycles. The van der Waals surface area contributed by atoms with E-state index < -0.39 is 5.82 Å². The lowest BCUT2D eigenvalue weighted by atomic mass is 10.1. The SMILES string of the molecule is O=C(c1ccc(I)cc1)n1ccc(-c2cccc(OCc3c(F)cccc3Cl)c2)n1. The van der Waals surface area contributed by atoms with Crippen LogP contribution in [-0.4, -0.2) is 15.7 Å². The van der Waals surface area contributed by atoms with Crippen LogP contribution >= 0.6 is 34.2 Å². The maximum atomic E-state index is 13.9. The monoisotopic (exact) mass is 532 g/mol. The highest BCUT2D eigenvalue weighted by atomic mass is 127. The second-order valence-electron chi connectivity index (χ2n) is 6.47. The van der Waals surface area contributed by atoms with Gasteiger partial charge in [0.15, 0.2) is 0 Å². The summed E-state index contributed by atoms with van der Waals surface area (Å²) >= 11 is 8.24. The third kappa shape index (κ3) is 4.55. The lowest BCUT2D eigenvalue weighted by molar-refractivity contribution is 0.0945. The molecule has 0 saturated carbocycles. The van der Waals surface area contributed by atoms with E-state index in [4.69, 9.17) is 16.3 Å². The van der Waals surface area contributed by atoms with Gasteiger partial charge in [-0.3, -0.25) is 4.79 Å². The fourth-order valence-electron chi connectivity index (χ4n) is 2.89. The number of benzene rings is 3. The molecule has 3 aromatic carbocycles. The van der Waals surface area contributed by atoms with Gasteiger partial charge in [0.25, 0.3) is 5.91 Å². The summed E-state index contributed by atoms with van der Waals surface area (Å²) in [6.07, 6.45) is 1.63. The first-order chi connectivity index (χ1) is 14.5. The average molecular weight is 533 g/mol. The molecule has 1 heterocycles. The standard InChI is InChI=1S/C23H15ClFIN2O2/c24-20-5-2-6-21(25)19(20)14-30-18-4-1-3-16(13-18)22-11-12-28(27-22)23(29)15-7-9-17(26)10-8-15/h1-13H,14H2. The fraction of sp³-hybridized carbons (Fsp3) is 0.0435. The zero-order valence-corrected chi connectivity index (χ0v) is 18.5. The summed E-state index contributed by atoms with van der Waals surface area (Å²) in [7, 11) is 0. The quantitative estimate of drug-likeness (QED) is 0.287. The predicted molar refractivity (Wildman–Crippen MR) is 122 cm³/mol. The van der Waals surface area contributed by atoms with E-state index in [1.807, 2.05) is 24.3 Å². The van der Waals surface area contributed by atoms with Gasteiger partial charge >= 0.3 is 0 Å². The summed E-state index contributed by atoms with van der Waals surface area (Å²) < 4.78 is 22.0. The van der Waals surface area contributed by atoms with Crippen molar-refractivity contribution in [1.29, 1.82) is 0 Å². The highest BCUT2D eigenvalue weighted by molar-refractivity contribution is 14.1. The van der Waals surface area contributed by atoms with Crippen molar-refractivity contribution in [2.24, 2.45) is 0 Å². The van der Waals surface area contributed by atoms with E-state index in [2.05, 4.69) is 27.7 Å². The molecule has 4 nitrogen and oxygen atoms in total. The van der Waals surface area contributed by atoms with Crippen molar-refractivity contribution in [2.75, 3.05) is 0 Å². The van der Waals surface area contributed by atoms with Gasteiger partial charge in [-0.15, -0.1) is 0 Å². The Balaban J connectivity index is 1.52. The van der Waals surface area contributed by atoms with Gasteiger partial charge in [-0.25, -0.2) is 9.07 Å². The lowest BCUT2D eigenvalue weighted by Gasteiger charge is -2.09. The smallest absolute Gasteiger partial charge is 0.278 e. The van der Waals surface area contributed by atoms with Crippen LogP contribution in [0.15, 0.2) is 79.0 Å². The summed E-state index contributed by atoms with van der Waals surface area (Å²) in [5.41, 5.74) is 2.27. The first-order valence-corrected chi connectivity index (χ1v) is 10.5. The molecular formula is C23H15ClFIN2O2. The Kier molecular flexibility index (Phi) is 6.15. The molecule has 0 N–H and O–H groups in total. The Morgan fingerprint density at radius 2 is 1.83 bits per heavy atom. The number of carbonyl (C=O) groups is 1. The Labute approximate surface area is 191 Å². The van der Waals surface area contributed by atoms with E-state index in [1.54, 1.807) is 48.7 Å². The van der Waals surface area contributed by atoms with Crippen LogP contribution in [-0.2, 0) is 6.61 Å². The van der Waals surface area contributed by atoms with Gasteiger partial charge in [0.05, 0.1) is 10.7 Å². The van der Waals surface area contributed by atoms with E-state index in [0.29, 0.717) is 27.6 Å². The van der Waals surface area contributed by atoms with Gasteiger partial charge in [-0.05, 0) is 77.2 Å². The number of rotatable bonds is 5. The van der Waals surface area contributed by atoms with Crippen molar-refractivity contribution in [2.45, 2.75) is 6.61 Å². The summed E-state index contributed by atoms with van der Waals surface area (Å²) in [4.78, 5) is 12.6. The van der Waals surface area contributed by atoms with Crippen molar-refractivity contribution in [1.82, 2.24) is 9.78 Å². The molecule has 4 rings (SSSR count). The van der Waals surface area contributed by atoms with E-state index >= 15 is 0 Å². The van der Waals surface area contributed by atoms with Crippen LogP contribution < -0.4 is 4.74 Å². The van der Waals surface area contributed by atoms with Crippen LogP contribution in [0, 0.1) is 9.39 Å². The minimum atomic E-state index is -0.411. The molecule has 0 amide bonds. The topological polar surface area (TPSA) is 44.1 Å². The van der Waals surface area contributed by atoms with Crippen molar-refractivity contribution in [3.8, 4) is 17.0 Å². The molecule has 0 aliphatic carbocycles. The lowest BCUT2D eigenvalue weighted by Crippen LogP contribution is -2.12. The molecule has 0 spiro atoms. The van der Waals surface area contributed by atoms with Crippen molar-refractivity contribution >= 4 is 40.1 Å². The molecule has 0 unspecified atom stereocenters. The number of hydrogen-bond acceptors (Lipinski definition) is 3. The van der Waals surface area contributed by atoms with E-state index in [-0.39, 0.29) is 12.5 Å². The number of hydrogen-bond donors (Lipinski definition) is 0. The number of carbonyl (C=O) groups excluding carboxylic acids is 1. The summed E-state index contributed by atoms with van der Waals surface area (Å²) in [5, 5.41) is 4.71. The molecule has 30 heavy (non-hydrogen) atoms. The second kappa shape index (κ2) is 8.97. The van der Waals surface area contributed by atoms with Crippen LogP contribution in [0.5, 0.6) is 5.75 Å². The molecular weight excluding hydrogens is 518 g/mol. The van der Waals surface area contributed by atoms with Gasteiger partial charge in [0, 0.05) is 26.5 Å². The molecule has 0 radical (unpaired) electrons. The van der Waals surface area contributed by atoms with Gasteiger partial charge in [0.1, 0.15) is 18.2 Å². The number of ether oxygens (including phenoxy) is 1. The van der Waals surface area contributed by atoms with E-state index in [1.165, 1.54) is 10.7 Å². The third-order valence-corrected chi connectivity index (χ3v) is 5.54. The Hall–Kier alpha value is -2.71. The highest BCUT2D eigenvalue weighted by Crippen LogP contribution is 2.25. The zero-order valence-electron chi connectivity index (χ0n) is 15.6. The van der Waals surface area contributed by atoms with Gasteiger partial charge in [-0.1, -0.05) is 29.8 Å². The van der Waals surface area contributed by atoms with E-state index in [0.717, 1.165) is 9.13 Å². The predicted octanol–water partition coefficient (Wildman–Crippen LogP) is 6.21. The summed E-state index contributed by atoms with van der Waals surface area (Å²) in [6.45, 7) is 0.00862.